The summed E-state index contributed by atoms with van der Waals surface area (Å²) in [6, 6.07) is 4.14. The van der Waals surface area contributed by atoms with Crippen LogP contribution in [0.4, 0.5) is 13.2 Å². The van der Waals surface area contributed by atoms with Crippen LogP contribution in [0.1, 0.15) is 5.56 Å². The van der Waals surface area contributed by atoms with Crippen molar-refractivity contribution in [2.45, 2.75) is 6.36 Å². The Kier molecular flexibility index (Phi) is 4.12. The van der Waals surface area contributed by atoms with E-state index in [1.54, 1.807) is 6.07 Å². The van der Waals surface area contributed by atoms with E-state index in [2.05, 4.69) is 20.7 Å². The van der Waals surface area contributed by atoms with Crippen molar-refractivity contribution in [2.24, 2.45) is 0 Å². The van der Waals surface area contributed by atoms with Gasteiger partial charge in [0.1, 0.15) is 12.0 Å². The molecule has 0 spiro atoms. The summed E-state index contributed by atoms with van der Waals surface area (Å²) in [5.41, 5.74) is 0.174. The highest BCUT2D eigenvalue weighted by Gasteiger charge is 2.31. The first kappa shape index (κ1) is 12.8. The van der Waals surface area contributed by atoms with E-state index in [4.69, 9.17) is 0 Å². The van der Waals surface area contributed by atoms with Gasteiger partial charge in [-0.05, 0) is 24.3 Å². The summed E-state index contributed by atoms with van der Waals surface area (Å²) in [4.78, 5) is 10.1. The Labute approximate surface area is 97.8 Å². The molecule has 2 nitrogen and oxygen atoms in total. The standard InChI is InChI=1S/C10H6BrF3O2/c11-8-4-3-7(2-1-5-15)9(6-8)16-10(12,13)14/h1-6H. The van der Waals surface area contributed by atoms with Crippen LogP contribution in [0.15, 0.2) is 28.7 Å². The molecule has 0 amide bonds. The third-order valence-electron chi connectivity index (χ3n) is 1.56. The molecular formula is C10H6BrF3O2. The number of allylic oxidation sites excluding steroid dienone is 1. The molecule has 1 rings (SSSR count). The predicted molar refractivity (Wildman–Crippen MR) is 55.9 cm³/mol. The van der Waals surface area contributed by atoms with Crippen LogP contribution in [0.5, 0.6) is 5.75 Å². The van der Waals surface area contributed by atoms with E-state index in [1.165, 1.54) is 18.2 Å². The van der Waals surface area contributed by atoms with Gasteiger partial charge in [-0.2, -0.15) is 0 Å². The van der Waals surface area contributed by atoms with Crippen LogP contribution in [0.3, 0.4) is 0 Å². The highest BCUT2D eigenvalue weighted by Crippen LogP contribution is 2.30. The van der Waals surface area contributed by atoms with Crippen molar-refractivity contribution in [2.75, 3.05) is 0 Å². The van der Waals surface area contributed by atoms with Crippen molar-refractivity contribution in [1.29, 1.82) is 0 Å². The van der Waals surface area contributed by atoms with Crippen LogP contribution in [0, 0.1) is 0 Å². The van der Waals surface area contributed by atoms with Crippen molar-refractivity contribution < 1.29 is 22.7 Å². The molecule has 0 aliphatic carbocycles. The van der Waals surface area contributed by atoms with E-state index in [1.807, 2.05) is 0 Å². The summed E-state index contributed by atoms with van der Waals surface area (Å²) < 4.78 is 40.4. The molecule has 0 aliphatic rings. The van der Waals surface area contributed by atoms with Crippen molar-refractivity contribution >= 4 is 28.3 Å². The van der Waals surface area contributed by atoms with Crippen molar-refractivity contribution in [1.82, 2.24) is 0 Å². The SMILES string of the molecule is O=CC=Cc1ccc(Br)cc1OC(F)(F)F. The zero-order chi connectivity index (χ0) is 12.2. The lowest BCUT2D eigenvalue weighted by atomic mass is 10.2. The molecule has 0 bridgehead atoms. The summed E-state index contributed by atoms with van der Waals surface area (Å²) in [7, 11) is 0. The maximum Gasteiger partial charge on any atom is 0.573 e. The largest absolute Gasteiger partial charge is 0.573 e. The molecule has 0 aliphatic heterocycles. The normalized spacial score (nSPS) is 11.8. The molecule has 0 atom stereocenters. The minimum Gasteiger partial charge on any atom is -0.405 e. The number of halogens is 4. The molecule has 0 fully saturated rings. The lowest BCUT2D eigenvalue weighted by molar-refractivity contribution is -0.274. The molecule has 0 radical (unpaired) electrons. The Morgan fingerprint density at radius 2 is 2.00 bits per heavy atom. The Balaban J connectivity index is 3.08. The van der Waals surface area contributed by atoms with E-state index in [0.717, 1.165) is 6.08 Å². The van der Waals surface area contributed by atoms with Crippen molar-refractivity contribution in [3.8, 4) is 5.75 Å². The fourth-order valence-corrected chi connectivity index (χ4v) is 1.34. The van der Waals surface area contributed by atoms with E-state index >= 15 is 0 Å². The Bertz CT molecular complexity index is 413. The molecule has 0 saturated heterocycles. The van der Waals surface area contributed by atoms with Gasteiger partial charge in [0, 0.05) is 10.0 Å². The highest BCUT2D eigenvalue weighted by molar-refractivity contribution is 9.10. The lowest BCUT2D eigenvalue weighted by Gasteiger charge is -2.11. The first-order valence-electron chi connectivity index (χ1n) is 4.09. The van der Waals surface area contributed by atoms with Gasteiger partial charge < -0.3 is 4.74 Å². The van der Waals surface area contributed by atoms with Gasteiger partial charge in [-0.25, -0.2) is 0 Å². The molecular weight excluding hydrogens is 289 g/mol. The van der Waals surface area contributed by atoms with Gasteiger partial charge in [0.2, 0.25) is 0 Å². The third-order valence-corrected chi connectivity index (χ3v) is 2.05. The van der Waals surface area contributed by atoms with Crippen LogP contribution >= 0.6 is 15.9 Å². The molecule has 0 aromatic heterocycles. The van der Waals surface area contributed by atoms with Crippen LogP contribution in [0.25, 0.3) is 6.08 Å². The van der Waals surface area contributed by atoms with E-state index in [-0.39, 0.29) is 11.3 Å². The van der Waals surface area contributed by atoms with Crippen LogP contribution < -0.4 is 4.74 Å². The zero-order valence-corrected chi connectivity index (χ0v) is 9.38. The average Bonchev–Trinajstić information content (AvgIpc) is 2.14. The molecule has 86 valence electrons. The Morgan fingerprint density at radius 3 is 2.56 bits per heavy atom. The summed E-state index contributed by atoms with van der Waals surface area (Å²) in [6.07, 6.45) is -1.96. The third kappa shape index (κ3) is 4.06. The van der Waals surface area contributed by atoms with E-state index < -0.39 is 6.36 Å². The molecule has 16 heavy (non-hydrogen) atoms. The number of ether oxygens (including phenoxy) is 1. The molecule has 0 saturated carbocycles. The zero-order valence-electron chi connectivity index (χ0n) is 7.79. The fourth-order valence-electron chi connectivity index (χ4n) is 1.00. The lowest BCUT2D eigenvalue weighted by Crippen LogP contribution is -2.17. The number of carbonyl (C=O) groups excluding carboxylic acids is 1. The van der Waals surface area contributed by atoms with Gasteiger partial charge in [0.05, 0.1) is 0 Å². The number of hydrogen-bond donors (Lipinski definition) is 0. The summed E-state index contributed by atoms with van der Waals surface area (Å²) >= 11 is 3.03. The van der Waals surface area contributed by atoms with Gasteiger partial charge in [-0.3, -0.25) is 4.79 Å². The number of aldehydes is 1. The van der Waals surface area contributed by atoms with Crippen LogP contribution in [-0.4, -0.2) is 12.6 Å². The van der Waals surface area contributed by atoms with Gasteiger partial charge in [-0.15, -0.1) is 13.2 Å². The highest BCUT2D eigenvalue weighted by atomic mass is 79.9. The van der Waals surface area contributed by atoms with Gasteiger partial charge in [0.15, 0.2) is 0 Å². The fraction of sp³-hybridized carbons (Fsp3) is 0.100. The summed E-state index contributed by atoms with van der Waals surface area (Å²) in [5, 5.41) is 0. The minimum atomic E-state index is -4.76. The first-order valence-corrected chi connectivity index (χ1v) is 4.89. The number of benzene rings is 1. The quantitative estimate of drug-likeness (QED) is 0.629. The summed E-state index contributed by atoms with van der Waals surface area (Å²) in [6.45, 7) is 0. The first-order chi connectivity index (χ1) is 7.42. The maximum absolute atomic E-state index is 12.0. The minimum absolute atomic E-state index is 0.174. The Morgan fingerprint density at radius 1 is 1.31 bits per heavy atom. The van der Waals surface area contributed by atoms with Crippen molar-refractivity contribution in [3.05, 3.63) is 34.3 Å². The molecule has 1 aromatic rings. The Hall–Kier alpha value is -1.30. The second-order valence-corrected chi connectivity index (χ2v) is 3.64. The molecule has 0 N–H and O–H groups in total. The maximum atomic E-state index is 12.0. The smallest absolute Gasteiger partial charge is 0.405 e. The predicted octanol–water partition coefficient (Wildman–Crippen LogP) is 3.56. The van der Waals surface area contributed by atoms with Crippen LogP contribution in [-0.2, 0) is 4.79 Å². The second kappa shape index (κ2) is 5.16. The van der Waals surface area contributed by atoms with Gasteiger partial charge in [-0.1, -0.05) is 22.0 Å². The number of hydrogen-bond acceptors (Lipinski definition) is 2. The average molecular weight is 295 g/mol. The van der Waals surface area contributed by atoms with E-state index in [0.29, 0.717) is 10.8 Å². The number of rotatable bonds is 3. The summed E-state index contributed by atoms with van der Waals surface area (Å²) in [5.74, 6) is -0.361. The molecule has 6 heteroatoms. The van der Waals surface area contributed by atoms with Crippen LogP contribution in [0.2, 0.25) is 0 Å². The molecule has 0 heterocycles. The van der Waals surface area contributed by atoms with Gasteiger partial charge >= 0.3 is 6.36 Å². The number of carbonyl (C=O) groups is 1. The van der Waals surface area contributed by atoms with Gasteiger partial charge in [0.25, 0.3) is 0 Å². The topological polar surface area (TPSA) is 26.3 Å². The molecule has 0 unspecified atom stereocenters. The second-order valence-electron chi connectivity index (χ2n) is 2.73. The monoisotopic (exact) mass is 294 g/mol. The van der Waals surface area contributed by atoms with Crippen molar-refractivity contribution in [3.63, 3.8) is 0 Å². The number of alkyl halides is 3. The van der Waals surface area contributed by atoms with E-state index in [9.17, 15) is 18.0 Å². The molecule has 1 aromatic carbocycles.